The number of rotatable bonds is 4. The summed E-state index contributed by atoms with van der Waals surface area (Å²) in [6, 6.07) is 0. The predicted molar refractivity (Wildman–Crippen MR) is 67.3 cm³/mol. The molecule has 1 aromatic rings. The van der Waals surface area contributed by atoms with Gasteiger partial charge in [-0.2, -0.15) is 0 Å². The first-order valence-electron chi connectivity index (χ1n) is 6.62. The van der Waals surface area contributed by atoms with Gasteiger partial charge in [0.15, 0.2) is 0 Å². The minimum atomic E-state index is -0.665. The zero-order valence-electron chi connectivity index (χ0n) is 11.3. The van der Waals surface area contributed by atoms with E-state index in [0.29, 0.717) is 18.2 Å². The van der Waals surface area contributed by atoms with E-state index >= 15 is 0 Å². The number of carbonyl (C=O) groups is 1. The van der Waals surface area contributed by atoms with E-state index in [4.69, 9.17) is 4.74 Å². The van der Waals surface area contributed by atoms with Gasteiger partial charge in [-0.25, -0.2) is 4.68 Å². The molecule has 0 radical (unpaired) electrons. The summed E-state index contributed by atoms with van der Waals surface area (Å²) in [4.78, 5) is 12.7. The Labute approximate surface area is 108 Å². The maximum atomic E-state index is 12.7. The van der Waals surface area contributed by atoms with Crippen LogP contribution in [0.3, 0.4) is 0 Å². The van der Waals surface area contributed by atoms with Gasteiger partial charge in [-0.3, -0.25) is 4.79 Å². The fourth-order valence-electron chi connectivity index (χ4n) is 2.91. The normalized spacial score (nSPS) is 28.3. The van der Waals surface area contributed by atoms with Crippen molar-refractivity contribution in [3.63, 3.8) is 0 Å². The van der Waals surface area contributed by atoms with Crippen LogP contribution in [-0.2, 0) is 11.8 Å². The van der Waals surface area contributed by atoms with Crippen molar-refractivity contribution in [1.29, 1.82) is 0 Å². The van der Waals surface area contributed by atoms with E-state index in [9.17, 15) is 4.79 Å². The van der Waals surface area contributed by atoms with Crippen LogP contribution in [0.15, 0.2) is 6.20 Å². The number of Topliss-reactive ketones (excluding diaryl/α,β-unsaturated/α-hetero) is 1. The first kappa shape index (κ1) is 13.2. The van der Waals surface area contributed by atoms with E-state index < -0.39 is 5.60 Å². The van der Waals surface area contributed by atoms with E-state index in [1.54, 1.807) is 7.05 Å². The zero-order chi connectivity index (χ0) is 13.2. The van der Waals surface area contributed by atoms with Crippen molar-refractivity contribution in [2.45, 2.75) is 45.1 Å². The van der Waals surface area contributed by atoms with Gasteiger partial charge in [-0.1, -0.05) is 18.6 Å². The van der Waals surface area contributed by atoms with Crippen LogP contribution >= 0.6 is 0 Å². The van der Waals surface area contributed by atoms with E-state index in [0.717, 1.165) is 19.3 Å². The Morgan fingerprint density at radius 2 is 2.44 bits per heavy atom. The highest BCUT2D eigenvalue weighted by atomic mass is 16.5. The first-order valence-corrected chi connectivity index (χ1v) is 6.62. The Kier molecular flexibility index (Phi) is 3.80. The maximum Gasteiger partial charge on any atom is 0.214 e. The molecule has 1 fully saturated rings. The maximum absolute atomic E-state index is 12.7. The molecule has 5 heteroatoms. The average Bonchev–Trinajstić information content (AvgIpc) is 2.75. The molecule has 100 valence electrons. The third-order valence-electron chi connectivity index (χ3n) is 3.74. The number of nitrogens with zero attached hydrogens (tertiary/aromatic N) is 3. The average molecular weight is 251 g/mol. The molecule has 1 aromatic heterocycles. The highest BCUT2D eigenvalue weighted by Crippen LogP contribution is 2.37. The molecule has 5 nitrogen and oxygen atoms in total. The highest BCUT2D eigenvalue weighted by Gasteiger charge is 2.44. The van der Waals surface area contributed by atoms with Gasteiger partial charge in [0.1, 0.15) is 11.3 Å². The second kappa shape index (κ2) is 5.18. The fraction of sp³-hybridized carbons (Fsp3) is 0.769. The SMILES string of the molecule is CCOC1(C(=O)c2cnnn2C)CCCC(C)C1. The summed E-state index contributed by atoms with van der Waals surface area (Å²) in [6.07, 6.45) is 5.34. The number of aromatic nitrogens is 3. The van der Waals surface area contributed by atoms with Gasteiger partial charge in [0, 0.05) is 13.7 Å². The molecule has 0 N–H and O–H groups in total. The molecule has 0 bridgehead atoms. The number of hydrogen-bond acceptors (Lipinski definition) is 4. The molecule has 1 saturated carbocycles. The van der Waals surface area contributed by atoms with Crippen molar-refractivity contribution >= 4 is 5.78 Å². The van der Waals surface area contributed by atoms with Crippen LogP contribution in [0.2, 0.25) is 0 Å². The summed E-state index contributed by atoms with van der Waals surface area (Å²) in [5, 5.41) is 7.62. The molecule has 0 spiro atoms. The Morgan fingerprint density at radius 1 is 1.67 bits per heavy atom. The summed E-state index contributed by atoms with van der Waals surface area (Å²) in [7, 11) is 1.74. The lowest BCUT2D eigenvalue weighted by Crippen LogP contribution is -2.46. The summed E-state index contributed by atoms with van der Waals surface area (Å²) in [5.74, 6) is 0.554. The molecule has 1 aliphatic carbocycles. The minimum Gasteiger partial charge on any atom is -0.367 e. The van der Waals surface area contributed by atoms with Crippen LogP contribution in [0.5, 0.6) is 0 Å². The molecule has 0 saturated heterocycles. The molecule has 0 aliphatic heterocycles. The molecular formula is C13H21N3O2. The van der Waals surface area contributed by atoms with Gasteiger partial charge in [-0.15, -0.1) is 5.10 Å². The quantitative estimate of drug-likeness (QED) is 0.768. The van der Waals surface area contributed by atoms with Gasteiger partial charge < -0.3 is 4.74 Å². The van der Waals surface area contributed by atoms with Gasteiger partial charge in [-0.05, 0) is 32.1 Å². The number of aryl methyl sites for hydroxylation is 1. The Morgan fingerprint density at radius 3 is 3.00 bits per heavy atom. The summed E-state index contributed by atoms with van der Waals surface area (Å²) < 4.78 is 7.39. The van der Waals surface area contributed by atoms with Crippen LogP contribution in [0.25, 0.3) is 0 Å². The lowest BCUT2D eigenvalue weighted by molar-refractivity contribution is -0.0516. The minimum absolute atomic E-state index is 0.0309. The van der Waals surface area contributed by atoms with Gasteiger partial charge >= 0.3 is 0 Å². The fourth-order valence-corrected chi connectivity index (χ4v) is 2.91. The molecule has 2 rings (SSSR count). The standard InChI is InChI=1S/C13H21N3O2/c1-4-18-13(7-5-6-10(2)8-13)12(17)11-9-14-15-16(11)3/h9-10H,4-8H2,1-3H3. The third-order valence-corrected chi connectivity index (χ3v) is 3.74. The lowest BCUT2D eigenvalue weighted by Gasteiger charge is -2.38. The van der Waals surface area contributed by atoms with Crippen molar-refractivity contribution in [2.75, 3.05) is 6.61 Å². The molecular weight excluding hydrogens is 230 g/mol. The van der Waals surface area contributed by atoms with Gasteiger partial charge in [0.2, 0.25) is 5.78 Å². The second-order valence-corrected chi connectivity index (χ2v) is 5.20. The van der Waals surface area contributed by atoms with E-state index in [1.807, 2.05) is 6.92 Å². The predicted octanol–water partition coefficient (Wildman–Crippen LogP) is 1.98. The topological polar surface area (TPSA) is 57.0 Å². The van der Waals surface area contributed by atoms with Crippen LogP contribution in [0.1, 0.15) is 50.0 Å². The lowest BCUT2D eigenvalue weighted by atomic mass is 9.75. The van der Waals surface area contributed by atoms with Crippen molar-refractivity contribution < 1.29 is 9.53 Å². The van der Waals surface area contributed by atoms with Crippen LogP contribution in [-0.4, -0.2) is 33.0 Å². The van der Waals surface area contributed by atoms with Crippen molar-refractivity contribution in [3.8, 4) is 0 Å². The summed E-state index contributed by atoms with van der Waals surface area (Å²) in [5.41, 5.74) is -0.125. The smallest absolute Gasteiger partial charge is 0.214 e. The second-order valence-electron chi connectivity index (χ2n) is 5.20. The van der Waals surface area contributed by atoms with E-state index in [-0.39, 0.29) is 5.78 Å². The summed E-state index contributed by atoms with van der Waals surface area (Å²) >= 11 is 0. The number of hydrogen-bond donors (Lipinski definition) is 0. The van der Waals surface area contributed by atoms with Crippen molar-refractivity contribution in [1.82, 2.24) is 15.0 Å². The Bertz CT molecular complexity index is 426. The molecule has 0 aromatic carbocycles. The molecule has 0 amide bonds. The molecule has 2 unspecified atom stereocenters. The van der Waals surface area contributed by atoms with Crippen LogP contribution in [0.4, 0.5) is 0 Å². The zero-order valence-corrected chi connectivity index (χ0v) is 11.3. The molecule has 1 aliphatic rings. The first-order chi connectivity index (χ1) is 8.59. The number of carbonyl (C=O) groups excluding carboxylic acids is 1. The number of ether oxygens (including phenoxy) is 1. The largest absolute Gasteiger partial charge is 0.367 e. The molecule has 1 heterocycles. The molecule has 2 atom stereocenters. The van der Waals surface area contributed by atoms with E-state index in [2.05, 4.69) is 17.2 Å². The molecule has 18 heavy (non-hydrogen) atoms. The van der Waals surface area contributed by atoms with Crippen molar-refractivity contribution in [3.05, 3.63) is 11.9 Å². The Hall–Kier alpha value is -1.23. The van der Waals surface area contributed by atoms with E-state index in [1.165, 1.54) is 17.3 Å². The monoisotopic (exact) mass is 251 g/mol. The third kappa shape index (κ3) is 2.32. The highest BCUT2D eigenvalue weighted by molar-refractivity contribution is 6.01. The van der Waals surface area contributed by atoms with Gasteiger partial charge in [0.25, 0.3) is 0 Å². The summed E-state index contributed by atoms with van der Waals surface area (Å²) in [6.45, 7) is 4.68. The van der Waals surface area contributed by atoms with Crippen molar-refractivity contribution in [2.24, 2.45) is 13.0 Å². The Balaban J connectivity index is 2.29. The van der Waals surface area contributed by atoms with Crippen LogP contribution < -0.4 is 0 Å². The van der Waals surface area contributed by atoms with Crippen LogP contribution in [0, 0.1) is 5.92 Å². The number of ketones is 1. The van der Waals surface area contributed by atoms with Gasteiger partial charge in [0.05, 0.1) is 6.20 Å².